The lowest BCUT2D eigenvalue weighted by atomic mass is 10.1. The molecule has 0 saturated carbocycles. The van der Waals surface area contributed by atoms with E-state index in [-0.39, 0.29) is 0 Å². The van der Waals surface area contributed by atoms with Gasteiger partial charge in [-0.2, -0.15) is 0 Å². The van der Waals surface area contributed by atoms with Gasteiger partial charge in [0.1, 0.15) is 24.1 Å². The second kappa shape index (κ2) is 9.50. The number of rotatable bonds is 10. The van der Waals surface area contributed by atoms with E-state index in [9.17, 15) is 9.59 Å². The van der Waals surface area contributed by atoms with Gasteiger partial charge in [-0.25, -0.2) is 0 Å². The molecule has 4 heteroatoms. The highest BCUT2D eigenvalue weighted by Gasteiger charge is 2.00. The minimum Gasteiger partial charge on any atom is -0.494 e. The Balaban J connectivity index is 1.58. The third kappa shape index (κ3) is 5.54. The molecule has 24 heavy (non-hydrogen) atoms. The molecule has 0 aliphatic heterocycles. The number of carbonyl (C=O) groups excluding carboxylic acids is 2. The van der Waals surface area contributed by atoms with Crippen LogP contribution in [0.4, 0.5) is 0 Å². The average Bonchev–Trinajstić information content (AvgIpc) is 2.61. The molecule has 0 N–H and O–H groups in total. The summed E-state index contributed by atoms with van der Waals surface area (Å²) < 4.78 is 11.3. The van der Waals surface area contributed by atoms with Crippen molar-refractivity contribution in [1.82, 2.24) is 0 Å². The number of unbranched alkanes of at least 4 members (excludes halogenated alkanes) is 2. The van der Waals surface area contributed by atoms with Gasteiger partial charge >= 0.3 is 0 Å². The van der Waals surface area contributed by atoms with Crippen molar-refractivity contribution in [2.45, 2.75) is 26.2 Å². The third-order valence-electron chi connectivity index (χ3n) is 3.71. The van der Waals surface area contributed by atoms with Gasteiger partial charge in [0.25, 0.3) is 0 Å². The molecule has 2 aromatic carbocycles. The molecule has 0 aliphatic rings. The van der Waals surface area contributed by atoms with E-state index in [1.165, 1.54) is 0 Å². The van der Waals surface area contributed by atoms with Gasteiger partial charge in [-0.15, -0.1) is 0 Å². The van der Waals surface area contributed by atoms with Gasteiger partial charge in [0, 0.05) is 11.1 Å². The van der Waals surface area contributed by atoms with Gasteiger partial charge in [-0.1, -0.05) is 0 Å². The lowest BCUT2D eigenvalue weighted by Gasteiger charge is -2.08. The fraction of sp³-hybridized carbons (Fsp3) is 0.300. The topological polar surface area (TPSA) is 52.6 Å². The largest absolute Gasteiger partial charge is 0.494 e. The van der Waals surface area contributed by atoms with Crippen molar-refractivity contribution >= 4 is 12.6 Å². The highest BCUT2D eigenvalue weighted by atomic mass is 16.5. The lowest BCUT2D eigenvalue weighted by molar-refractivity contribution is 0.111. The molecule has 0 atom stereocenters. The van der Waals surface area contributed by atoms with E-state index < -0.39 is 0 Å². The first kappa shape index (κ1) is 17.7. The van der Waals surface area contributed by atoms with E-state index in [0.29, 0.717) is 24.3 Å². The number of aldehydes is 2. The second-order valence-corrected chi connectivity index (χ2v) is 5.58. The van der Waals surface area contributed by atoms with Crippen LogP contribution in [0.15, 0.2) is 42.5 Å². The van der Waals surface area contributed by atoms with E-state index in [0.717, 1.165) is 48.9 Å². The van der Waals surface area contributed by atoms with Crippen LogP contribution in [0.3, 0.4) is 0 Å². The summed E-state index contributed by atoms with van der Waals surface area (Å²) in [4.78, 5) is 21.3. The molecule has 2 rings (SSSR count). The van der Waals surface area contributed by atoms with Crippen LogP contribution in [0.2, 0.25) is 0 Å². The first-order valence-corrected chi connectivity index (χ1v) is 8.09. The Bertz CT molecular complexity index is 662. The lowest BCUT2D eigenvalue weighted by Crippen LogP contribution is -2.01. The van der Waals surface area contributed by atoms with Gasteiger partial charge in [-0.05, 0) is 74.2 Å². The van der Waals surface area contributed by atoms with Crippen LogP contribution in [0.25, 0.3) is 0 Å². The molecule has 0 radical (unpaired) electrons. The molecular formula is C20H22O4. The minimum atomic E-state index is 0.646. The predicted octanol–water partition coefficient (Wildman–Crippen LogP) is 4.25. The van der Waals surface area contributed by atoms with Crippen molar-refractivity contribution in [2.75, 3.05) is 13.2 Å². The Morgan fingerprint density at radius 1 is 0.792 bits per heavy atom. The van der Waals surface area contributed by atoms with Crippen LogP contribution in [0.5, 0.6) is 11.5 Å². The Morgan fingerprint density at radius 3 is 2.00 bits per heavy atom. The highest BCUT2D eigenvalue weighted by molar-refractivity contribution is 5.77. The Hall–Kier alpha value is -2.62. The first-order chi connectivity index (χ1) is 11.7. The van der Waals surface area contributed by atoms with Crippen molar-refractivity contribution in [3.05, 3.63) is 59.2 Å². The Morgan fingerprint density at radius 2 is 1.42 bits per heavy atom. The van der Waals surface area contributed by atoms with Crippen LogP contribution in [-0.2, 0) is 0 Å². The fourth-order valence-electron chi connectivity index (χ4n) is 2.27. The molecule has 126 valence electrons. The summed E-state index contributed by atoms with van der Waals surface area (Å²) in [6.07, 6.45) is 4.57. The zero-order chi connectivity index (χ0) is 17.2. The van der Waals surface area contributed by atoms with Gasteiger partial charge in [0.05, 0.1) is 13.2 Å². The summed E-state index contributed by atoms with van der Waals surface area (Å²) >= 11 is 0. The molecule has 0 aliphatic carbocycles. The Labute approximate surface area is 142 Å². The molecule has 0 unspecified atom stereocenters. The van der Waals surface area contributed by atoms with Gasteiger partial charge in [0.15, 0.2) is 0 Å². The number of aryl methyl sites for hydroxylation is 1. The molecule has 0 amide bonds. The SMILES string of the molecule is Cc1cc(OCCCCCOc2ccc(C=O)cc2)ccc1C=O. The molecule has 2 aromatic rings. The molecular weight excluding hydrogens is 304 g/mol. The summed E-state index contributed by atoms with van der Waals surface area (Å²) in [6.45, 7) is 3.19. The maximum Gasteiger partial charge on any atom is 0.150 e. The van der Waals surface area contributed by atoms with Gasteiger partial charge in [-0.3, -0.25) is 9.59 Å². The number of carbonyl (C=O) groups is 2. The minimum absolute atomic E-state index is 0.646. The van der Waals surface area contributed by atoms with Crippen LogP contribution in [0, 0.1) is 6.92 Å². The standard InChI is InChI=1S/C20H22O4/c1-16-13-20(10-7-18(16)15-22)24-12-4-2-3-11-23-19-8-5-17(14-21)6-9-19/h5-10,13-15H,2-4,11-12H2,1H3. The molecule has 0 fully saturated rings. The smallest absolute Gasteiger partial charge is 0.150 e. The summed E-state index contributed by atoms with van der Waals surface area (Å²) in [5.74, 6) is 1.58. The van der Waals surface area contributed by atoms with Gasteiger partial charge in [0.2, 0.25) is 0 Å². The summed E-state index contributed by atoms with van der Waals surface area (Å²) in [7, 11) is 0. The van der Waals surface area contributed by atoms with Crippen molar-refractivity contribution in [3.63, 3.8) is 0 Å². The fourth-order valence-corrected chi connectivity index (χ4v) is 2.27. The monoisotopic (exact) mass is 326 g/mol. The maximum absolute atomic E-state index is 10.8. The molecule has 0 bridgehead atoms. The van der Waals surface area contributed by atoms with Crippen LogP contribution in [-0.4, -0.2) is 25.8 Å². The Kier molecular flexibility index (Phi) is 7.02. The zero-order valence-corrected chi connectivity index (χ0v) is 13.9. The third-order valence-corrected chi connectivity index (χ3v) is 3.71. The van der Waals surface area contributed by atoms with Crippen LogP contribution < -0.4 is 9.47 Å². The van der Waals surface area contributed by atoms with E-state index in [2.05, 4.69) is 0 Å². The molecule has 0 heterocycles. The molecule has 0 aromatic heterocycles. The van der Waals surface area contributed by atoms with Crippen molar-refractivity contribution in [1.29, 1.82) is 0 Å². The normalized spacial score (nSPS) is 10.2. The number of ether oxygens (including phenoxy) is 2. The van der Waals surface area contributed by atoms with Crippen molar-refractivity contribution in [2.24, 2.45) is 0 Å². The zero-order valence-electron chi connectivity index (χ0n) is 13.9. The molecule has 0 spiro atoms. The first-order valence-electron chi connectivity index (χ1n) is 8.09. The predicted molar refractivity (Wildman–Crippen MR) is 93.2 cm³/mol. The summed E-state index contributed by atoms with van der Waals surface area (Å²) in [5.41, 5.74) is 2.27. The van der Waals surface area contributed by atoms with E-state index in [1.807, 2.05) is 19.1 Å². The van der Waals surface area contributed by atoms with Crippen LogP contribution >= 0.6 is 0 Å². The highest BCUT2D eigenvalue weighted by Crippen LogP contribution is 2.16. The van der Waals surface area contributed by atoms with Crippen LogP contribution in [0.1, 0.15) is 45.5 Å². The number of benzene rings is 2. The van der Waals surface area contributed by atoms with E-state index in [1.54, 1.807) is 30.3 Å². The number of hydrogen-bond acceptors (Lipinski definition) is 4. The average molecular weight is 326 g/mol. The second-order valence-electron chi connectivity index (χ2n) is 5.58. The number of hydrogen-bond donors (Lipinski definition) is 0. The van der Waals surface area contributed by atoms with Gasteiger partial charge < -0.3 is 9.47 Å². The van der Waals surface area contributed by atoms with E-state index >= 15 is 0 Å². The van der Waals surface area contributed by atoms with E-state index in [4.69, 9.17) is 9.47 Å². The van der Waals surface area contributed by atoms with Crippen molar-refractivity contribution < 1.29 is 19.1 Å². The molecule has 0 saturated heterocycles. The maximum atomic E-state index is 10.8. The summed E-state index contributed by atoms with van der Waals surface area (Å²) in [6, 6.07) is 12.6. The molecule has 4 nitrogen and oxygen atoms in total. The van der Waals surface area contributed by atoms with Crippen molar-refractivity contribution in [3.8, 4) is 11.5 Å². The summed E-state index contributed by atoms with van der Waals surface area (Å²) in [5, 5.41) is 0. The quantitative estimate of drug-likeness (QED) is 0.484.